The number of thioether (sulfide) groups is 1. The molecular formula is C12H20N4OS. The Morgan fingerprint density at radius 2 is 2.33 bits per heavy atom. The molecule has 6 heteroatoms. The Morgan fingerprint density at radius 1 is 1.56 bits per heavy atom. The molecule has 1 aromatic heterocycles. The minimum absolute atomic E-state index is 0.0541. The van der Waals surface area contributed by atoms with Gasteiger partial charge in [-0.3, -0.25) is 9.89 Å². The van der Waals surface area contributed by atoms with Crippen molar-refractivity contribution in [3.8, 4) is 0 Å². The molecule has 0 aliphatic heterocycles. The lowest BCUT2D eigenvalue weighted by molar-refractivity contribution is -0.118. The number of aromatic amines is 1. The summed E-state index contributed by atoms with van der Waals surface area (Å²) in [5.41, 5.74) is 0. The smallest absolute Gasteiger partial charge is 0.230 e. The maximum atomic E-state index is 11.6. The van der Waals surface area contributed by atoms with Gasteiger partial charge < -0.3 is 5.32 Å². The van der Waals surface area contributed by atoms with Gasteiger partial charge in [0.15, 0.2) is 0 Å². The summed E-state index contributed by atoms with van der Waals surface area (Å²) in [6, 6.07) is 0. The van der Waals surface area contributed by atoms with E-state index >= 15 is 0 Å². The minimum Gasteiger partial charge on any atom is -0.355 e. The van der Waals surface area contributed by atoms with Crippen LogP contribution in [0.4, 0.5) is 0 Å². The average Bonchev–Trinajstić information content (AvgIpc) is 3.06. The second-order valence-corrected chi connectivity index (χ2v) is 6.04. The van der Waals surface area contributed by atoms with Crippen molar-refractivity contribution in [2.45, 2.75) is 44.2 Å². The molecule has 1 amide bonds. The van der Waals surface area contributed by atoms with Crippen LogP contribution in [0.15, 0.2) is 5.16 Å². The molecule has 0 spiro atoms. The van der Waals surface area contributed by atoms with Gasteiger partial charge in [-0.15, -0.1) is 5.10 Å². The highest BCUT2D eigenvalue weighted by Gasteiger charge is 2.27. The molecule has 2 rings (SSSR count). The summed E-state index contributed by atoms with van der Waals surface area (Å²) in [4.78, 5) is 15.9. The first-order chi connectivity index (χ1) is 8.65. The average molecular weight is 268 g/mol. The Bertz CT molecular complexity index is 401. The zero-order chi connectivity index (χ0) is 13.0. The van der Waals surface area contributed by atoms with E-state index in [9.17, 15) is 4.79 Å². The third kappa shape index (κ3) is 4.33. The number of hydrogen-bond donors (Lipinski definition) is 2. The molecule has 0 atom stereocenters. The van der Waals surface area contributed by atoms with Gasteiger partial charge in [0.2, 0.25) is 11.1 Å². The van der Waals surface area contributed by atoms with Crippen molar-refractivity contribution in [2.24, 2.45) is 5.92 Å². The largest absolute Gasteiger partial charge is 0.355 e. The molecule has 18 heavy (non-hydrogen) atoms. The third-order valence-electron chi connectivity index (χ3n) is 2.82. The van der Waals surface area contributed by atoms with Gasteiger partial charge in [0.25, 0.3) is 0 Å². The summed E-state index contributed by atoms with van der Waals surface area (Å²) in [7, 11) is 0. The fraction of sp³-hybridized carbons (Fsp3) is 0.750. The van der Waals surface area contributed by atoms with Crippen LogP contribution < -0.4 is 5.32 Å². The fourth-order valence-corrected chi connectivity index (χ4v) is 2.18. The Balaban J connectivity index is 1.65. The van der Waals surface area contributed by atoms with E-state index in [0.29, 0.717) is 22.7 Å². The molecule has 1 aliphatic carbocycles. The van der Waals surface area contributed by atoms with Gasteiger partial charge in [-0.1, -0.05) is 25.6 Å². The van der Waals surface area contributed by atoms with E-state index in [-0.39, 0.29) is 5.91 Å². The van der Waals surface area contributed by atoms with Crippen molar-refractivity contribution < 1.29 is 4.79 Å². The Hall–Kier alpha value is -1.04. The van der Waals surface area contributed by atoms with Gasteiger partial charge >= 0.3 is 0 Å². The number of H-pyrrole nitrogens is 1. The van der Waals surface area contributed by atoms with Crippen LogP contribution in [0.1, 0.15) is 44.9 Å². The van der Waals surface area contributed by atoms with Crippen LogP contribution >= 0.6 is 11.8 Å². The predicted molar refractivity (Wildman–Crippen MR) is 71.5 cm³/mol. The first-order valence-corrected chi connectivity index (χ1v) is 7.45. The normalized spacial score (nSPS) is 15.1. The Morgan fingerprint density at radius 3 is 3.00 bits per heavy atom. The molecule has 1 aromatic rings. The van der Waals surface area contributed by atoms with Crippen molar-refractivity contribution >= 4 is 17.7 Å². The summed E-state index contributed by atoms with van der Waals surface area (Å²) < 4.78 is 0. The number of amides is 1. The summed E-state index contributed by atoms with van der Waals surface area (Å²) in [5, 5.41) is 10.6. The Kier molecular flexibility index (Phi) is 4.63. The van der Waals surface area contributed by atoms with Crippen molar-refractivity contribution in [2.75, 3.05) is 12.3 Å². The molecule has 1 saturated carbocycles. The van der Waals surface area contributed by atoms with Crippen LogP contribution in [0.25, 0.3) is 0 Å². The van der Waals surface area contributed by atoms with Gasteiger partial charge in [0.1, 0.15) is 5.82 Å². The van der Waals surface area contributed by atoms with E-state index in [2.05, 4.69) is 34.3 Å². The second-order valence-electron chi connectivity index (χ2n) is 5.10. The van der Waals surface area contributed by atoms with E-state index in [1.807, 2.05) is 0 Å². The summed E-state index contributed by atoms with van der Waals surface area (Å²) >= 11 is 1.39. The SMILES string of the molecule is CC(C)CCNC(=O)CSc1n[nH]c(C2CC2)n1. The molecule has 1 fully saturated rings. The number of nitrogens with zero attached hydrogens (tertiary/aromatic N) is 2. The first-order valence-electron chi connectivity index (χ1n) is 6.47. The van der Waals surface area contributed by atoms with Crippen LogP contribution in [0.5, 0.6) is 0 Å². The molecule has 5 nitrogen and oxygen atoms in total. The van der Waals surface area contributed by atoms with Crippen molar-refractivity contribution in [3.05, 3.63) is 5.82 Å². The third-order valence-corrected chi connectivity index (χ3v) is 3.67. The molecule has 2 N–H and O–H groups in total. The summed E-state index contributed by atoms with van der Waals surface area (Å²) in [6.07, 6.45) is 3.42. The van der Waals surface area contributed by atoms with Gasteiger partial charge in [0.05, 0.1) is 5.75 Å². The molecule has 1 aliphatic rings. The van der Waals surface area contributed by atoms with Crippen LogP contribution in [0.2, 0.25) is 0 Å². The molecule has 0 saturated heterocycles. The number of rotatable bonds is 7. The van der Waals surface area contributed by atoms with Crippen LogP contribution in [-0.2, 0) is 4.79 Å². The number of hydrogen-bond acceptors (Lipinski definition) is 4. The lowest BCUT2D eigenvalue weighted by atomic mass is 10.1. The van der Waals surface area contributed by atoms with Gasteiger partial charge in [0, 0.05) is 12.5 Å². The van der Waals surface area contributed by atoms with E-state index < -0.39 is 0 Å². The zero-order valence-electron chi connectivity index (χ0n) is 10.9. The molecule has 0 radical (unpaired) electrons. The molecule has 0 aromatic carbocycles. The van der Waals surface area contributed by atoms with Crippen molar-refractivity contribution in [3.63, 3.8) is 0 Å². The van der Waals surface area contributed by atoms with Crippen LogP contribution in [0, 0.1) is 5.92 Å². The highest BCUT2D eigenvalue weighted by molar-refractivity contribution is 7.99. The predicted octanol–water partition coefficient (Wildman–Crippen LogP) is 1.94. The summed E-state index contributed by atoms with van der Waals surface area (Å²) in [6.45, 7) is 5.04. The quantitative estimate of drug-likeness (QED) is 0.741. The lowest BCUT2D eigenvalue weighted by Crippen LogP contribution is -2.26. The second kappa shape index (κ2) is 6.22. The van der Waals surface area contributed by atoms with E-state index in [4.69, 9.17) is 0 Å². The van der Waals surface area contributed by atoms with Gasteiger partial charge in [-0.25, -0.2) is 4.98 Å². The van der Waals surface area contributed by atoms with Crippen LogP contribution in [0.3, 0.4) is 0 Å². The summed E-state index contributed by atoms with van der Waals surface area (Å²) in [5.74, 6) is 2.61. The van der Waals surface area contributed by atoms with Crippen molar-refractivity contribution in [1.29, 1.82) is 0 Å². The minimum atomic E-state index is 0.0541. The van der Waals surface area contributed by atoms with Gasteiger partial charge in [-0.2, -0.15) is 0 Å². The van der Waals surface area contributed by atoms with E-state index in [1.54, 1.807) is 0 Å². The Labute approximate surface area is 112 Å². The monoisotopic (exact) mass is 268 g/mol. The fourth-order valence-electron chi connectivity index (χ4n) is 1.54. The highest BCUT2D eigenvalue weighted by Crippen LogP contribution is 2.38. The maximum Gasteiger partial charge on any atom is 0.230 e. The van der Waals surface area contributed by atoms with E-state index in [1.165, 1.54) is 24.6 Å². The number of carbonyl (C=O) groups is 1. The number of carbonyl (C=O) groups excluding carboxylic acids is 1. The van der Waals surface area contributed by atoms with Crippen LogP contribution in [-0.4, -0.2) is 33.4 Å². The molecule has 100 valence electrons. The zero-order valence-corrected chi connectivity index (χ0v) is 11.7. The topological polar surface area (TPSA) is 70.7 Å². The maximum absolute atomic E-state index is 11.6. The highest BCUT2D eigenvalue weighted by atomic mass is 32.2. The lowest BCUT2D eigenvalue weighted by Gasteiger charge is -2.05. The molecule has 0 unspecified atom stereocenters. The standard InChI is InChI=1S/C12H20N4OS/c1-8(2)5-6-13-10(17)7-18-12-14-11(15-16-12)9-3-4-9/h8-9H,3-7H2,1-2H3,(H,13,17)(H,14,15,16). The molecule has 1 heterocycles. The molecular weight excluding hydrogens is 248 g/mol. The van der Waals surface area contributed by atoms with E-state index in [0.717, 1.165) is 18.8 Å². The molecule has 0 bridgehead atoms. The number of nitrogens with one attached hydrogen (secondary N) is 2. The van der Waals surface area contributed by atoms with Gasteiger partial charge in [-0.05, 0) is 25.2 Å². The number of aromatic nitrogens is 3. The first kappa shape index (κ1) is 13.4. The van der Waals surface area contributed by atoms with Crippen molar-refractivity contribution in [1.82, 2.24) is 20.5 Å².